The molecule has 0 saturated heterocycles. The molecular formula is C11H22N2O2. The van der Waals surface area contributed by atoms with Crippen LogP contribution in [0.1, 0.15) is 32.1 Å². The summed E-state index contributed by atoms with van der Waals surface area (Å²) in [5, 5.41) is 2.95. The maximum Gasteiger partial charge on any atom is 0.223 e. The predicted molar refractivity (Wildman–Crippen MR) is 59.4 cm³/mol. The van der Waals surface area contributed by atoms with E-state index in [1.165, 1.54) is 0 Å². The van der Waals surface area contributed by atoms with Crippen LogP contribution in [0.25, 0.3) is 0 Å². The van der Waals surface area contributed by atoms with E-state index < -0.39 is 0 Å². The van der Waals surface area contributed by atoms with Gasteiger partial charge in [0.15, 0.2) is 0 Å². The minimum Gasteiger partial charge on any atom is -0.385 e. The Hall–Kier alpha value is -0.610. The van der Waals surface area contributed by atoms with Gasteiger partial charge in [-0.05, 0) is 32.1 Å². The Morgan fingerprint density at radius 2 is 2.27 bits per heavy atom. The Kier molecular flexibility index (Phi) is 5.65. The molecule has 4 nitrogen and oxygen atoms in total. The molecule has 0 aliphatic heterocycles. The summed E-state index contributed by atoms with van der Waals surface area (Å²) in [4.78, 5) is 11.6. The van der Waals surface area contributed by atoms with Gasteiger partial charge < -0.3 is 15.8 Å². The van der Waals surface area contributed by atoms with Crippen molar-refractivity contribution in [1.29, 1.82) is 0 Å². The van der Waals surface area contributed by atoms with Crippen molar-refractivity contribution in [3.05, 3.63) is 0 Å². The zero-order valence-corrected chi connectivity index (χ0v) is 9.50. The third kappa shape index (κ3) is 4.62. The van der Waals surface area contributed by atoms with Gasteiger partial charge >= 0.3 is 0 Å². The van der Waals surface area contributed by atoms with Crippen LogP contribution in [0.2, 0.25) is 0 Å². The highest BCUT2D eigenvalue weighted by Crippen LogP contribution is 2.23. The average molecular weight is 214 g/mol. The monoisotopic (exact) mass is 214 g/mol. The molecule has 1 fully saturated rings. The molecule has 0 heterocycles. The lowest BCUT2D eigenvalue weighted by Gasteiger charge is -2.10. The summed E-state index contributed by atoms with van der Waals surface area (Å²) < 4.78 is 4.93. The Balaban J connectivity index is 2.03. The van der Waals surface area contributed by atoms with Crippen molar-refractivity contribution in [3.63, 3.8) is 0 Å². The molecule has 0 spiro atoms. The molecule has 0 radical (unpaired) electrons. The normalized spacial score (nSPS) is 25.5. The van der Waals surface area contributed by atoms with E-state index in [-0.39, 0.29) is 17.9 Å². The Morgan fingerprint density at radius 3 is 2.87 bits per heavy atom. The lowest BCUT2D eigenvalue weighted by atomic mass is 10.1. The molecule has 1 rings (SSSR count). The number of carbonyl (C=O) groups excluding carboxylic acids is 1. The number of unbranched alkanes of at least 4 members (excludes halogenated alkanes) is 1. The predicted octanol–water partition coefficient (Wildman–Crippen LogP) is 0.657. The van der Waals surface area contributed by atoms with Crippen LogP contribution in [0, 0.1) is 5.92 Å². The largest absolute Gasteiger partial charge is 0.385 e. The summed E-state index contributed by atoms with van der Waals surface area (Å²) in [5.74, 6) is 0.336. The Bertz CT molecular complexity index is 197. The van der Waals surface area contributed by atoms with Crippen LogP contribution < -0.4 is 11.1 Å². The van der Waals surface area contributed by atoms with Crippen LogP contribution in [0.4, 0.5) is 0 Å². The number of amides is 1. The average Bonchev–Trinajstić information content (AvgIpc) is 2.64. The molecule has 4 heteroatoms. The molecule has 2 atom stereocenters. The van der Waals surface area contributed by atoms with E-state index in [0.29, 0.717) is 0 Å². The third-order valence-corrected chi connectivity index (χ3v) is 2.92. The second kappa shape index (κ2) is 6.80. The number of hydrogen-bond acceptors (Lipinski definition) is 3. The number of nitrogens with one attached hydrogen (secondary N) is 1. The van der Waals surface area contributed by atoms with Gasteiger partial charge in [-0.1, -0.05) is 0 Å². The first kappa shape index (κ1) is 12.5. The number of ether oxygens (including phenoxy) is 1. The number of hydrogen-bond donors (Lipinski definition) is 2. The first-order valence-corrected chi connectivity index (χ1v) is 5.76. The summed E-state index contributed by atoms with van der Waals surface area (Å²) >= 11 is 0. The summed E-state index contributed by atoms with van der Waals surface area (Å²) in [7, 11) is 1.69. The quantitative estimate of drug-likeness (QED) is 0.638. The van der Waals surface area contributed by atoms with E-state index in [4.69, 9.17) is 10.5 Å². The van der Waals surface area contributed by atoms with E-state index in [1.54, 1.807) is 7.11 Å². The molecule has 2 unspecified atom stereocenters. The van der Waals surface area contributed by atoms with Gasteiger partial charge in [-0.2, -0.15) is 0 Å². The van der Waals surface area contributed by atoms with E-state index in [2.05, 4.69) is 5.32 Å². The van der Waals surface area contributed by atoms with Crippen molar-refractivity contribution in [2.24, 2.45) is 11.7 Å². The molecule has 1 aliphatic carbocycles. The topological polar surface area (TPSA) is 64.3 Å². The highest BCUT2D eigenvalue weighted by Gasteiger charge is 2.27. The highest BCUT2D eigenvalue weighted by atomic mass is 16.5. The SMILES string of the molecule is COCCCCNC(=O)C1CCC(N)C1. The smallest absolute Gasteiger partial charge is 0.223 e. The molecular weight excluding hydrogens is 192 g/mol. The molecule has 1 amide bonds. The van der Waals surface area contributed by atoms with Crippen LogP contribution in [0.5, 0.6) is 0 Å². The van der Waals surface area contributed by atoms with E-state index in [1.807, 2.05) is 0 Å². The van der Waals surface area contributed by atoms with Gasteiger partial charge in [-0.3, -0.25) is 4.79 Å². The lowest BCUT2D eigenvalue weighted by Crippen LogP contribution is -2.31. The van der Waals surface area contributed by atoms with Crippen LogP contribution in [-0.2, 0) is 9.53 Å². The minimum atomic E-state index is 0.155. The van der Waals surface area contributed by atoms with E-state index in [9.17, 15) is 4.79 Å². The zero-order valence-electron chi connectivity index (χ0n) is 9.50. The van der Waals surface area contributed by atoms with Crippen molar-refractivity contribution in [1.82, 2.24) is 5.32 Å². The van der Waals surface area contributed by atoms with Gasteiger partial charge in [0.25, 0.3) is 0 Å². The molecule has 0 aromatic rings. The third-order valence-electron chi connectivity index (χ3n) is 2.92. The second-order valence-electron chi connectivity index (χ2n) is 4.26. The highest BCUT2D eigenvalue weighted by molar-refractivity contribution is 5.78. The van der Waals surface area contributed by atoms with Crippen molar-refractivity contribution < 1.29 is 9.53 Å². The molecule has 88 valence electrons. The summed E-state index contributed by atoms with van der Waals surface area (Å²) in [6.07, 6.45) is 4.77. The fourth-order valence-corrected chi connectivity index (χ4v) is 1.98. The van der Waals surface area contributed by atoms with Crippen LogP contribution in [0.3, 0.4) is 0 Å². The van der Waals surface area contributed by atoms with Gasteiger partial charge in [0.1, 0.15) is 0 Å². The molecule has 0 aromatic carbocycles. The van der Waals surface area contributed by atoms with Gasteiger partial charge in [0.2, 0.25) is 5.91 Å². The molecule has 3 N–H and O–H groups in total. The van der Waals surface area contributed by atoms with Gasteiger partial charge in [-0.25, -0.2) is 0 Å². The standard InChI is InChI=1S/C11H22N2O2/c1-15-7-3-2-6-13-11(14)9-4-5-10(12)8-9/h9-10H,2-8,12H2,1H3,(H,13,14). The maximum absolute atomic E-state index is 11.6. The van der Waals surface area contributed by atoms with Crippen LogP contribution in [-0.4, -0.2) is 32.2 Å². The minimum absolute atomic E-state index is 0.155. The van der Waals surface area contributed by atoms with Gasteiger partial charge in [0.05, 0.1) is 0 Å². The maximum atomic E-state index is 11.6. The molecule has 1 aliphatic rings. The van der Waals surface area contributed by atoms with Crippen molar-refractivity contribution in [2.45, 2.75) is 38.1 Å². The zero-order chi connectivity index (χ0) is 11.1. The van der Waals surface area contributed by atoms with Crippen molar-refractivity contribution in [2.75, 3.05) is 20.3 Å². The summed E-state index contributed by atoms with van der Waals surface area (Å²) in [6.45, 7) is 1.53. The van der Waals surface area contributed by atoms with E-state index in [0.717, 1.165) is 45.3 Å². The van der Waals surface area contributed by atoms with Crippen molar-refractivity contribution >= 4 is 5.91 Å². The molecule has 0 aromatic heterocycles. The second-order valence-corrected chi connectivity index (χ2v) is 4.26. The Morgan fingerprint density at radius 1 is 1.47 bits per heavy atom. The number of nitrogens with two attached hydrogens (primary N) is 1. The number of methoxy groups -OCH3 is 1. The molecule has 1 saturated carbocycles. The van der Waals surface area contributed by atoms with Gasteiger partial charge in [0, 0.05) is 32.2 Å². The van der Waals surface area contributed by atoms with Crippen molar-refractivity contribution in [3.8, 4) is 0 Å². The number of rotatable bonds is 6. The first-order chi connectivity index (χ1) is 7.24. The van der Waals surface area contributed by atoms with E-state index >= 15 is 0 Å². The van der Waals surface area contributed by atoms with Crippen LogP contribution >= 0.6 is 0 Å². The molecule has 15 heavy (non-hydrogen) atoms. The lowest BCUT2D eigenvalue weighted by molar-refractivity contribution is -0.124. The number of carbonyl (C=O) groups is 1. The molecule has 0 bridgehead atoms. The van der Waals surface area contributed by atoms with Gasteiger partial charge in [-0.15, -0.1) is 0 Å². The summed E-state index contributed by atoms with van der Waals surface area (Å²) in [6, 6.07) is 0.231. The summed E-state index contributed by atoms with van der Waals surface area (Å²) in [5.41, 5.74) is 5.76. The fraction of sp³-hybridized carbons (Fsp3) is 0.909. The van der Waals surface area contributed by atoms with Crippen LogP contribution in [0.15, 0.2) is 0 Å². The Labute approximate surface area is 91.5 Å². The fourth-order valence-electron chi connectivity index (χ4n) is 1.98. The first-order valence-electron chi connectivity index (χ1n) is 5.76.